The molecule has 0 aliphatic heterocycles. The molecule has 0 atom stereocenters. The fourth-order valence-corrected chi connectivity index (χ4v) is 4.05. The molecule has 2 aromatic rings. The van der Waals surface area contributed by atoms with E-state index in [-0.39, 0.29) is 5.91 Å². The first kappa shape index (κ1) is 16.3. The molecule has 7 heteroatoms. The van der Waals surface area contributed by atoms with Gasteiger partial charge in [-0.3, -0.25) is 4.79 Å². The number of halogens is 5. The van der Waals surface area contributed by atoms with E-state index < -0.39 is 0 Å². The molecular weight excluding hydrogens is 497 g/mol. The first-order chi connectivity index (χ1) is 9.38. The van der Waals surface area contributed by atoms with Crippen molar-refractivity contribution in [1.82, 2.24) is 0 Å². The maximum atomic E-state index is 12.3. The summed E-state index contributed by atoms with van der Waals surface area (Å²) in [6.45, 7) is 0. The second kappa shape index (κ2) is 6.79. The van der Waals surface area contributed by atoms with Gasteiger partial charge in [-0.15, -0.1) is 0 Å². The average Bonchev–Trinajstić information content (AvgIpc) is 2.33. The molecule has 0 bridgehead atoms. The summed E-state index contributed by atoms with van der Waals surface area (Å²) < 4.78 is 2.30. The van der Waals surface area contributed by atoms with E-state index in [0.29, 0.717) is 25.8 Å². The monoisotopic (exact) mass is 499 g/mol. The van der Waals surface area contributed by atoms with Crippen molar-refractivity contribution in [3.8, 4) is 0 Å². The van der Waals surface area contributed by atoms with Gasteiger partial charge in [-0.2, -0.15) is 0 Å². The lowest BCUT2D eigenvalue weighted by Crippen LogP contribution is -2.13. The van der Waals surface area contributed by atoms with Crippen molar-refractivity contribution in [3.05, 3.63) is 59.4 Å². The molecule has 20 heavy (non-hydrogen) atoms. The first-order valence-corrected chi connectivity index (χ1v) is 8.43. The normalized spacial score (nSPS) is 10.4. The van der Waals surface area contributed by atoms with Gasteiger partial charge in [-0.05, 0) is 46.3 Å². The van der Waals surface area contributed by atoms with Crippen LogP contribution in [0.5, 0.6) is 0 Å². The number of anilines is 1. The van der Waals surface area contributed by atoms with Gasteiger partial charge < -0.3 is 5.32 Å². The summed E-state index contributed by atoms with van der Waals surface area (Å²) in [5, 5.41) is 3.45. The van der Waals surface area contributed by atoms with Crippen LogP contribution in [0.25, 0.3) is 0 Å². The van der Waals surface area contributed by atoms with E-state index in [1.165, 1.54) is 0 Å². The summed E-state index contributed by atoms with van der Waals surface area (Å²) in [7, 11) is 0. The van der Waals surface area contributed by atoms with E-state index in [0.717, 1.165) is 8.95 Å². The van der Waals surface area contributed by atoms with Crippen LogP contribution in [0.1, 0.15) is 10.4 Å². The van der Waals surface area contributed by atoms with Gasteiger partial charge in [0.05, 0.1) is 21.3 Å². The number of hydrogen-bond donors (Lipinski definition) is 1. The number of carbonyl (C=O) groups is 1. The van der Waals surface area contributed by atoms with Crippen LogP contribution in [-0.4, -0.2) is 5.91 Å². The van der Waals surface area contributed by atoms with Crippen molar-refractivity contribution in [2.45, 2.75) is 0 Å². The summed E-state index contributed by atoms with van der Waals surface area (Å²) in [6.07, 6.45) is 0. The van der Waals surface area contributed by atoms with Gasteiger partial charge >= 0.3 is 0 Å². The highest BCUT2D eigenvalue weighted by Crippen LogP contribution is 2.34. The molecule has 104 valence electrons. The van der Waals surface area contributed by atoms with E-state index in [1.807, 2.05) is 0 Å². The molecule has 2 aromatic carbocycles. The molecule has 0 unspecified atom stereocenters. The molecule has 0 heterocycles. The lowest BCUT2D eigenvalue weighted by Gasteiger charge is -2.11. The Hall–Kier alpha value is -0.0700. The third kappa shape index (κ3) is 3.77. The largest absolute Gasteiger partial charge is 0.319 e. The van der Waals surface area contributed by atoms with Crippen LogP contribution < -0.4 is 5.32 Å². The van der Waals surface area contributed by atoms with E-state index in [1.54, 1.807) is 30.3 Å². The number of hydrogen-bond acceptors (Lipinski definition) is 1. The van der Waals surface area contributed by atoms with Gasteiger partial charge in [0.25, 0.3) is 5.91 Å². The minimum Gasteiger partial charge on any atom is -0.319 e. The fraction of sp³-hybridized carbons (Fsp3) is 0. The van der Waals surface area contributed by atoms with Crippen molar-refractivity contribution < 1.29 is 4.79 Å². The van der Waals surface area contributed by atoms with Crippen molar-refractivity contribution >= 4 is 82.6 Å². The summed E-state index contributed by atoms with van der Waals surface area (Å²) in [6, 6.07) is 8.60. The van der Waals surface area contributed by atoms with Gasteiger partial charge in [-0.25, -0.2) is 0 Å². The molecule has 1 amide bonds. The summed E-state index contributed by atoms with van der Waals surface area (Å²) in [4.78, 5) is 12.3. The molecule has 0 aliphatic carbocycles. The summed E-state index contributed by atoms with van der Waals surface area (Å²) in [5.74, 6) is -0.296. The van der Waals surface area contributed by atoms with Crippen LogP contribution in [0.3, 0.4) is 0 Å². The Morgan fingerprint density at radius 2 is 1.55 bits per heavy atom. The molecule has 0 aliphatic rings. The highest BCUT2D eigenvalue weighted by molar-refractivity contribution is 9.11. The molecular formula is C13H6Br3Cl2NO. The van der Waals surface area contributed by atoms with E-state index in [9.17, 15) is 4.79 Å². The number of nitrogens with one attached hydrogen (secondary N) is 1. The number of rotatable bonds is 2. The van der Waals surface area contributed by atoms with Crippen LogP contribution in [0.15, 0.2) is 43.7 Å². The first-order valence-electron chi connectivity index (χ1n) is 5.29. The lowest BCUT2D eigenvalue weighted by atomic mass is 10.2. The Balaban J connectivity index is 2.33. The maximum Gasteiger partial charge on any atom is 0.256 e. The second-order valence-corrected chi connectivity index (χ2v) is 7.32. The standard InChI is InChI=1S/C13H6Br3Cl2NO/c14-6-1-2-8(9(16)3-6)13(20)19-12-10(17)4-7(15)5-11(12)18/h1-5H,(H,19,20). The molecule has 2 nitrogen and oxygen atoms in total. The Bertz CT molecular complexity index is 668. The Labute approximate surface area is 151 Å². The second-order valence-electron chi connectivity index (χ2n) is 3.82. The smallest absolute Gasteiger partial charge is 0.256 e. The zero-order chi connectivity index (χ0) is 14.9. The highest BCUT2D eigenvalue weighted by atomic mass is 79.9. The average molecular weight is 503 g/mol. The summed E-state index contributed by atoms with van der Waals surface area (Å²) >= 11 is 22.1. The molecule has 0 spiro atoms. The molecule has 0 fully saturated rings. The molecule has 2 rings (SSSR count). The van der Waals surface area contributed by atoms with Crippen LogP contribution in [0.2, 0.25) is 10.0 Å². The zero-order valence-corrected chi connectivity index (χ0v) is 16.0. The highest BCUT2D eigenvalue weighted by Gasteiger charge is 2.15. The Morgan fingerprint density at radius 1 is 0.950 bits per heavy atom. The van der Waals surface area contributed by atoms with Gasteiger partial charge in [-0.1, -0.05) is 55.1 Å². The lowest BCUT2D eigenvalue weighted by molar-refractivity contribution is 0.102. The van der Waals surface area contributed by atoms with Gasteiger partial charge in [0.2, 0.25) is 0 Å². The minimum absolute atomic E-state index is 0.296. The quantitative estimate of drug-likeness (QED) is 0.497. The van der Waals surface area contributed by atoms with E-state index in [2.05, 4.69) is 53.1 Å². The predicted octanol–water partition coefficient (Wildman–Crippen LogP) is 6.53. The molecule has 0 radical (unpaired) electrons. The molecule has 0 aromatic heterocycles. The third-order valence-corrected chi connectivity index (χ3v) is 4.62. The Morgan fingerprint density at radius 3 is 2.10 bits per heavy atom. The summed E-state index contributed by atoms with van der Waals surface area (Å²) in [5.41, 5.74) is 0.875. The van der Waals surface area contributed by atoms with Crippen molar-refractivity contribution in [1.29, 1.82) is 0 Å². The molecule has 1 N–H and O–H groups in total. The van der Waals surface area contributed by atoms with Crippen molar-refractivity contribution in [2.24, 2.45) is 0 Å². The SMILES string of the molecule is O=C(Nc1c(Cl)cc(Br)cc1Cl)c1ccc(Br)cc1Br. The topological polar surface area (TPSA) is 29.1 Å². The Kier molecular flexibility index (Phi) is 5.54. The number of amides is 1. The van der Waals surface area contributed by atoms with Gasteiger partial charge in [0.1, 0.15) is 0 Å². The van der Waals surface area contributed by atoms with Gasteiger partial charge in [0, 0.05) is 13.4 Å². The van der Waals surface area contributed by atoms with E-state index in [4.69, 9.17) is 23.2 Å². The molecule has 0 saturated heterocycles. The van der Waals surface area contributed by atoms with Crippen molar-refractivity contribution in [3.63, 3.8) is 0 Å². The van der Waals surface area contributed by atoms with Crippen molar-refractivity contribution in [2.75, 3.05) is 5.32 Å². The maximum absolute atomic E-state index is 12.3. The van der Waals surface area contributed by atoms with Crippen LogP contribution in [0.4, 0.5) is 5.69 Å². The van der Waals surface area contributed by atoms with E-state index >= 15 is 0 Å². The number of benzene rings is 2. The number of carbonyl (C=O) groups excluding carboxylic acids is 1. The minimum atomic E-state index is -0.296. The zero-order valence-electron chi connectivity index (χ0n) is 9.68. The van der Waals surface area contributed by atoms with Crippen LogP contribution in [0, 0.1) is 0 Å². The third-order valence-electron chi connectivity index (χ3n) is 2.42. The fourth-order valence-electron chi connectivity index (χ4n) is 1.52. The van der Waals surface area contributed by atoms with Crippen LogP contribution >= 0.6 is 71.0 Å². The van der Waals surface area contributed by atoms with Crippen LogP contribution in [-0.2, 0) is 0 Å². The molecule has 0 saturated carbocycles. The predicted molar refractivity (Wildman–Crippen MR) is 94.0 cm³/mol. The van der Waals surface area contributed by atoms with Gasteiger partial charge in [0.15, 0.2) is 0 Å².